The first-order valence-corrected chi connectivity index (χ1v) is 13.4. The second kappa shape index (κ2) is 9.27. The molecule has 3 aromatic heterocycles. The Kier molecular flexibility index (Phi) is 6.05. The summed E-state index contributed by atoms with van der Waals surface area (Å²) in [5.74, 6) is 1.49. The van der Waals surface area contributed by atoms with Crippen LogP contribution < -0.4 is 5.56 Å². The van der Waals surface area contributed by atoms with Gasteiger partial charge in [-0.05, 0) is 72.4 Å². The van der Waals surface area contributed by atoms with Crippen LogP contribution in [0.5, 0.6) is 0 Å². The molecule has 2 saturated heterocycles. The van der Waals surface area contributed by atoms with Gasteiger partial charge >= 0.3 is 6.09 Å². The lowest BCUT2D eigenvalue weighted by Gasteiger charge is -2.33. The van der Waals surface area contributed by atoms with Gasteiger partial charge in [-0.15, -0.1) is 0 Å². The lowest BCUT2D eigenvalue weighted by Crippen LogP contribution is -2.41. The number of likely N-dealkylation sites (tertiary alicyclic amines) is 2. The fourth-order valence-corrected chi connectivity index (χ4v) is 5.62. The van der Waals surface area contributed by atoms with Crippen LogP contribution in [0.3, 0.4) is 0 Å². The van der Waals surface area contributed by atoms with Crippen LogP contribution in [0.15, 0.2) is 21.6 Å². The van der Waals surface area contributed by atoms with Crippen LogP contribution >= 0.6 is 0 Å². The number of ether oxygens (including phenoxy) is 1. The largest absolute Gasteiger partial charge is 0.444 e. The predicted octanol–water partition coefficient (Wildman–Crippen LogP) is 3.53. The Morgan fingerprint density at radius 2 is 1.76 bits per heavy atom. The van der Waals surface area contributed by atoms with Gasteiger partial charge in [0.05, 0.1) is 11.9 Å². The maximum absolute atomic E-state index is 12.6. The van der Waals surface area contributed by atoms with Crippen LogP contribution in [0, 0.1) is 0 Å². The van der Waals surface area contributed by atoms with Crippen LogP contribution in [0.1, 0.15) is 82.7 Å². The summed E-state index contributed by atoms with van der Waals surface area (Å²) in [6.45, 7) is 8.89. The van der Waals surface area contributed by atoms with Crippen molar-refractivity contribution in [2.45, 2.75) is 82.8 Å². The van der Waals surface area contributed by atoms with Gasteiger partial charge in [0.25, 0.3) is 11.4 Å². The minimum absolute atomic E-state index is 0.0890. The van der Waals surface area contributed by atoms with E-state index >= 15 is 0 Å². The van der Waals surface area contributed by atoms with Crippen molar-refractivity contribution in [2.24, 2.45) is 0 Å². The summed E-state index contributed by atoms with van der Waals surface area (Å²) >= 11 is 0. The monoisotopic (exact) mass is 509 g/mol. The number of carbonyl (C=O) groups excluding carboxylic acids is 1. The highest BCUT2D eigenvalue weighted by Gasteiger charge is 2.34. The van der Waals surface area contributed by atoms with E-state index in [0.29, 0.717) is 36.1 Å². The number of hydrogen-bond acceptors (Lipinski definition) is 8. The molecule has 0 spiro atoms. The van der Waals surface area contributed by atoms with Gasteiger partial charge in [-0.2, -0.15) is 10.1 Å². The van der Waals surface area contributed by atoms with Crippen molar-refractivity contribution in [2.75, 3.05) is 26.2 Å². The first kappa shape index (κ1) is 24.1. The predicted molar refractivity (Wildman–Crippen MR) is 135 cm³/mol. The third-order valence-corrected chi connectivity index (χ3v) is 7.73. The zero-order valence-corrected chi connectivity index (χ0v) is 21.8. The van der Waals surface area contributed by atoms with E-state index in [2.05, 4.69) is 20.1 Å². The van der Waals surface area contributed by atoms with Crippen molar-refractivity contribution in [3.63, 3.8) is 0 Å². The van der Waals surface area contributed by atoms with Gasteiger partial charge < -0.3 is 24.0 Å². The van der Waals surface area contributed by atoms with E-state index in [1.165, 1.54) is 12.8 Å². The van der Waals surface area contributed by atoms with Crippen molar-refractivity contribution in [1.29, 1.82) is 0 Å². The van der Waals surface area contributed by atoms with Crippen LogP contribution in [0.4, 0.5) is 4.79 Å². The zero-order chi connectivity index (χ0) is 25.7. The minimum atomic E-state index is -0.527. The Balaban J connectivity index is 1.19. The van der Waals surface area contributed by atoms with Crippen molar-refractivity contribution in [1.82, 2.24) is 34.5 Å². The molecule has 0 radical (unpaired) electrons. The molecule has 2 aliphatic heterocycles. The first-order valence-electron chi connectivity index (χ1n) is 13.4. The normalized spacial score (nSPS) is 20.6. The summed E-state index contributed by atoms with van der Waals surface area (Å²) < 4.78 is 12.9. The molecule has 0 unspecified atom stereocenters. The summed E-state index contributed by atoms with van der Waals surface area (Å²) in [6.07, 6.45) is 7.55. The molecule has 0 aromatic carbocycles. The number of nitrogens with zero attached hydrogens (tertiary/aromatic N) is 6. The smallest absolute Gasteiger partial charge is 0.410 e. The summed E-state index contributed by atoms with van der Waals surface area (Å²) in [4.78, 5) is 37.0. The van der Waals surface area contributed by atoms with Crippen molar-refractivity contribution >= 4 is 11.7 Å². The van der Waals surface area contributed by atoms with Crippen molar-refractivity contribution < 1.29 is 14.1 Å². The molecule has 3 fully saturated rings. The maximum Gasteiger partial charge on any atom is 0.410 e. The second-order valence-corrected chi connectivity index (χ2v) is 11.6. The summed E-state index contributed by atoms with van der Waals surface area (Å²) in [5, 5.41) is 8.87. The van der Waals surface area contributed by atoms with Gasteiger partial charge in [0.15, 0.2) is 5.82 Å². The molecule has 1 saturated carbocycles. The topological polar surface area (TPSA) is 122 Å². The molecule has 0 atom stereocenters. The lowest BCUT2D eigenvalue weighted by atomic mass is 9.93. The fraction of sp³-hybridized carbons (Fsp3) is 0.654. The number of H-pyrrole nitrogens is 1. The Morgan fingerprint density at radius 3 is 2.43 bits per heavy atom. The van der Waals surface area contributed by atoms with Gasteiger partial charge in [-0.3, -0.25) is 4.79 Å². The highest BCUT2D eigenvalue weighted by atomic mass is 16.6. The van der Waals surface area contributed by atoms with E-state index in [1.807, 2.05) is 20.8 Å². The van der Waals surface area contributed by atoms with Crippen LogP contribution in [0.25, 0.3) is 17.1 Å². The van der Waals surface area contributed by atoms with Crippen LogP contribution in [-0.2, 0) is 4.74 Å². The van der Waals surface area contributed by atoms with Gasteiger partial charge in [-0.1, -0.05) is 5.16 Å². The van der Waals surface area contributed by atoms with Crippen LogP contribution in [-0.4, -0.2) is 78.5 Å². The van der Waals surface area contributed by atoms with Gasteiger partial charge in [0, 0.05) is 37.0 Å². The highest BCUT2D eigenvalue weighted by molar-refractivity contribution is 5.71. The number of carbonyl (C=O) groups is 1. The van der Waals surface area contributed by atoms with Crippen LogP contribution in [0.2, 0.25) is 0 Å². The highest BCUT2D eigenvalue weighted by Crippen LogP contribution is 2.35. The molecule has 6 rings (SSSR count). The molecular weight excluding hydrogens is 474 g/mol. The molecule has 0 bridgehead atoms. The van der Waals surface area contributed by atoms with E-state index in [0.717, 1.165) is 56.3 Å². The number of rotatable bonds is 4. The fourth-order valence-electron chi connectivity index (χ4n) is 5.62. The molecule has 3 aromatic rings. The molecule has 1 aliphatic carbocycles. The molecule has 198 valence electrons. The molecule has 37 heavy (non-hydrogen) atoms. The summed E-state index contributed by atoms with van der Waals surface area (Å²) in [6, 6.07) is 2.39. The summed E-state index contributed by atoms with van der Waals surface area (Å²) in [5.41, 5.74) is 1.27. The van der Waals surface area contributed by atoms with E-state index in [1.54, 1.807) is 21.7 Å². The minimum Gasteiger partial charge on any atom is -0.444 e. The second-order valence-electron chi connectivity index (χ2n) is 11.6. The number of piperidine rings is 2. The van der Waals surface area contributed by atoms with E-state index in [9.17, 15) is 9.59 Å². The molecule has 11 heteroatoms. The van der Waals surface area contributed by atoms with Gasteiger partial charge in [0.1, 0.15) is 16.8 Å². The number of amides is 1. The SMILES string of the molecule is CC(C)(C)OC(=O)N1CCC(c2cc(=O)[nH]c3c(-c4nc(C5CCN(C6CC6)CC5)no4)cnn23)CC1. The van der Waals surface area contributed by atoms with Gasteiger partial charge in [0.2, 0.25) is 0 Å². The Bertz CT molecular complexity index is 1330. The number of hydrogen-bond donors (Lipinski definition) is 1. The quantitative estimate of drug-likeness (QED) is 0.567. The third-order valence-electron chi connectivity index (χ3n) is 7.73. The number of fused-ring (bicyclic) bond motifs is 1. The molecule has 3 aliphatic rings. The Hall–Kier alpha value is -3.21. The number of aromatic amines is 1. The summed E-state index contributed by atoms with van der Waals surface area (Å²) in [7, 11) is 0. The lowest BCUT2D eigenvalue weighted by molar-refractivity contribution is 0.0203. The average Bonchev–Trinajstić information content (AvgIpc) is 3.46. The van der Waals surface area contributed by atoms with E-state index in [4.69, 9.17) is 14.2 Å². The van der Waals surface area contributed by atoms with E-state index < -0.39 is 5.60 Å². The maximum atomic E-state index is 12.6. The first-order chi connectivity index (χ1) is 17.7. The van der Waals surface area contributed by atoms with Crippen molar-refractivity contribution in [3.8, 4) is 11.5 Å². The molecule has 1 amide bonds. The number of nitrogens with one attached hydrogen (secondary N) is 1. The molecule has 11 nitrogen and oxygen atoms in total. The Labute approximate surface area is 215 Å². The third kappa shape index (κ3) is 5.01. The standard InChI is InChI=1S/C26H35N7O4/c1-26(2,3)36-25(35)32-12-6-16(7-13-32)20-14-21(34)28-23-19(15-27-33(20)23)24-29-22(30-37-24)17-8-10-31(11-9-17)18-4-5-18/h14-18H,4-13H2,1-3H3,(H,28,34). The average molecular weight is 510 g/mol. The molecular formula is C26H35N7O4. The molecule has 1 N–H and O–H groups in total. The Morgan fingerprint density at radius 1 is 1.05 bits per heavy atom. The number of aromatic nitrogens is 5. The zero-order valence-electron chi connectivity index (χ0n) is 21.8. The molecule has 5 heterocycles. The van der Waals surface area contributed by atoms with Crippen molar-refractivity contribution in [3.05, 3.63) is 34.1 Å². The van der Waals surface area contributed by atoms with Gasteiger partial charge in [-0.25, -0.2) is 9.31 Å². The van der Waals surface area contributed by atoms with E-state index in [-0.39, 0.29) is 17.6 Å².